The van der Waals surface area contributed by atoms with Crippen molar-refractivity contribution in [1.82, 2.24) is 0 Å². The minimum Gasteiger partial charge on any atom is -0.493 e. The van der Waals surface area contributed by atoms with Gasteiger partial charge in [0.15, 0.2) is 11.5 Å². The molecule has 0 saturated carbocycles. The van der Waals surface area contributed by atoms with Crippen LogP contribution < -0.4 is 14.4 Å². The third-order valence-electron chi connectivity index (χ3n) is 3.52. The molecule has 0 amide bonds. The molecular weight excluding hydrogens is 262 g/mol. The largest absolute Gasteiger partial charge is 0.493 e. The maximum atomic E-state index is 5.41. The van der Waals surface area contributed by atoms with Crippen LogP contribution in [0.25, 0.3) is 0 Å². The van der Waals surface area contributed by atoms with Crippen molar-refractivity contribution in [2.75, 3.05) is 19.1 Å². The van der Waals surface area contributed by atoms with Crippen LogP contribution in [-0.4, -0.2) is 20.3 Å². The summed E-state index contributed by atoms with van der Waals surface area (Å²) in [5, 5.41) is 0. The minimum absolute atomic E-state index is 0.392. The summed E-state index contributed by atoms with van der Waals surface area (Å²) in [6.45, 7) is 5.26. The van der Waals surface area contributed by atoms with Gasteiger partial charge in [0, 0.05) is 24.3 Å². The van der Waals surface area contributed by atoms with Crippen LogP contribution in [0, 0.1) is 0 Å². The monoisotopic (exact) mass is 285 g/mol. The minimum atomic E-state index is 0.392. The van der Waals surface area contributed by atoms with Gasteiger partial charge in [-0.3, -0.25) is 0 Å². The molecule has 0 N–H and O–H groups in total. The average Bonchev–Trinajstić information content (AvgIpc) is 2.52. The predicted molar refractivity (Wildman–Crippen MR) is 87.3 cm³/mol. The first-order valence-electron chi connectivity index (χ1n) is 7.18. The molecule has 2 aromatic carbocycles. The second-order valence-electron chi connectivity index (χ2n) is 5.25. The van der Waals surface area contributed by atoms with Gasteiger partial charge in [0.2, 0.25) is 0 Å². The van der Waals surface area contributed by atoms with E-state index >= 15 is 0 Å². The van der Waals surface area contributed by atoms with E-state index in [1.807, 2.05) is 18.2 Å². The van der Waals surface area contributed by atoms with Crippen molar-refractivity contribution in [1.29, 1.82) is 0 Å². The van der Waals surface area contributed by atoms with Gasteiger partial charge >= 0.3 is 0 Å². The highest BCUT2D eigenvalue weighted by atomic mass is 16.5. The number of benzene rings is 2. The van der Waals surface area contributed by atoms with E-state index in [2.05, 4.69) is 49.1 Å². The fourth-order valence-electron chi connectivity index (χ4n) is 2.36. The molecule has 0 heterocycles. The van der Waals surface area contributed by atoms with E-state index in [1.165, 1.54) is 5.56 Å². The smallest absolute Gasteiger partial charge is 0.162 e. The molecule has 3 nitrogen and oxygen atoms in total. The van der Waals surface area contributed by atoms with Gasteiger partial charge in [-0.1, -0.05) is 30.3 Å². The van der Waals surface area contributed by atoms with Gasteiger partial charge < -0.3 is 14.4 Å². The number of methoxy groups -OCH3 is 2. The highest BCUT2D eigenvalue weighted by molar-refractivity contribution is 5.57. The molecule has 0 spiro atoms. The Hall–Kier alpha value is -2.16. The molecule has 21 heavy (non-hydrogen) atoms. The Morgan fingerprint density at radius 3 is 2.14 bits per heavy atom. The van der Waals surface area contributed by atoms with Crippen LogP contribution in [0.2, 0.25) is 0 Å². The summed E-state index contributed by atoms with van der Waals surface area (Å²) in [6, 6.07) is 16.9. The normalized spacial score (nSPS) is 10.5. The molecule has 0 bridgehead atoms. The van der Waals surface area contributed by atoms with Crippen molar-refractivity contribution in [2.24, 2.45) is 0 Å². The molecule has 0 radical (unpaired) electrons. The molecule has 0 saturated heterocycles. The van der Waals surface area contributed by atoms with E-state index in [1.54, 1.807) is 14.2 Å². The lowest BCUT2D eigenvalue weighted by Crippen LogP contribution is -2.30. The average molecular weight is 285 g/mol. The summed E-state index contributed by atoms with van der Waals surface area (Å²) < 4.78 is 10.7. The van der Waals surface area contributed by atoms with Gasteiger partial charge in [-0.25, -0.2) is 0 Å². The Kier molecular flexibility index (Phi) is 5.09. The van der Waals surface area contributed by atoms with E-state index in [9.17, 15) is 0 Å². The molecule has 2 aromatic rings. The van der Waals surface area contributed by atoms with Gasteiger partial charge in [-0.05, 0) is 31.5 Å². The molecule has 0 aliphatic heterocycles. The molecule has 3 heteroatoms. The van der Waals surface area contributed by atoms with Crippen molar-refractivity contribution in [3.63, 3.8) is 0 Å². The quantitative estimate of drug-likeness (QED) is 0.797. The summed E-state index contributed by atoms with van der Waals surface area (Å²) >= 11 is 0. The second kappa shape index (κ2) is 7.02. The molecule has 0 atom stereocenters. The molecule has 0 unspecified atom stereocenters. The first-order valence-corrected chi connectivity index (χ1v) is 7.18. The molecule has 0 aliphatic rings. The summed E-state index contributed by atoms with van der Waals surface area (Å²) in [7, 11) is 3.32. The van der Waals surface area contributed by atoms with E-state index in [0.717, 1.165) is 23.7 Å². The number of anilines is 1. The van der Waals surface area contributed by atoms with Crippen LogP contribution in [0.15, 0.2) is 48.5 Å². The summed E-state index contributed by atoms with van der Waals surface area (Å²) in [5.74, 6) is 1.51. The first-order chi connectivity index (χ1) is 10.2. The number of nitrogens with zero attached hydrogens (tertiary/aromatic N) is 1. The molecule has 0 aromatic heterocycles. The second-order valence-corrected chi connectivity index (χ2v) is 5.25. The zero-order chi connectivity index (χ0) is 15.2. The first kappa shape index (κ1) is 15.2. The summed E-state index contributed by atoms with van der Waals surface area (Å²) in [5.41, 5.74) is 2.42. The number of rotatable bonds is 6. The van der Waals surface area contributed by atoms with Crippen molar-refractivity contribution < 1.29 is 9.47 Å². The van der Waals surface area contributed by atoms with E-state index in [-0.39, 0.29) is 0 Å². The highest BCUT2D eigenvalue weighted by Crippen LogP contribution is 2.32. The summed E-state index contributed by atoms with van der Waals surface area (Å²) in [4.78, 5) is 2.34. The van der Waals surface area contributed by atoms with E-state index < -0.39 is 0 Å². The lowest BCUT2D eigenvalue weighted by molar-refractivity contribution is 0.355. The Morgan fingerprint density at radius 1 is 0.905 bits per heavy atom. The van der Waals surface area contributed by atoms with Gasteiger partial charge in [0.1, 0.15) is 0 Å². The standard InChI is InChI=1S/C18H23NO2/c1-14(2)19(13-15-8-6-5-7-9-15)16-10-11-17(20-3)18(12-16)21-4/h5-12,14H,13H2,1-4H3. The SMILES string of the molecule is COc1ccc(N(Cc2ccccc2)C(C)C)cc1OC. The fourth-order valence-corrected chi connectivity index (χ4v) is 2.36. The van der Waals surface area contributed by atoms with Gasteiger partial charge in [-0.15, -0.1) is 0 Å². The van der Waals surface area contributed by atoms with Crippen LogP contribution in [0.1, 0.15) is 19.4 Å². The Balaban J connectivity index is 2.30. The number of hydrogen-bond acceptors (Lipinski definition) is 3. The van der Waals surface area contributed by atoms with Gasteiger partial charge in [0.25, 0.3) is 0 Å². The molecule has 0 fully saturated rings. The van der Waals surface area contributed by atoms with E-state index in [4.69, 9.17) is 9.47 Å². The maximum absolute atomic E-state index is 5.41. The predicted octanol–water partition coefficient (Wildman–Crippen LogP) is 4.12. The van der Waals surface area contributed by atoms with Crippen molar-refractivity contribution in [2.45, 2.75) is 26.4 Å². The molecular formula is C18H23NO2. The maximum Gasteiger partial charge on any atom is 0.162 e. The zero-order valence-corrected chi connectivity index (χ0v) is 13.2. The third kappa shape index (κ3) is 3.69. The lowest BCUT2D eigenvalue weighted by Gasteiger charge is -2.29. The molecule has 0 aliphatic carbocycles. The van der Waals surface area contributed by atoms with Crippen molar-refractivity contribution in [3.05, 3.63) is 54.1 Å². The van der Waals surface area contributed by atoms with Crippen LogP contribution in [-0.2, 0) is 6.54 Å². The lowest BCUT2D eigenvalue weighted by atomic mass is 10.1. The Bertz CT molecular complexity index is 567. The Morgan fingerprint density at radius 2 is 1.57 bits per heavy atom. The zero-order valence-electron chi connectivity index (χ0n) is 13.2. The molecule has 2 rings (SSSR count). The number of ether oxygens (including phenoxy) is 2. The van der Waals surface area contributed by atoms with Crippen LogP contribution in [0.4, 0.5) is 5.69 Å². The number of hydrogen-bond donors (Lipinski definition) is 0. The van der Waals surface area contributed by atoms with Crippen LogP contribution in [0.5, 0.6) is 11.5 Å². The van der Waals surface area contributed by atoms with Gasteiger partial charge in [0.05, 0.1) is 14.2 Å². The topological polar surface area (TPSA) is 21.7 Å². The van der Waals surface area contributed by atoms with Crippen LogP contribution >= 0.6 is 0 Å². The van der Waals surface area contributed by atoms with Gasteiger partial charge in [-0.2, -0.15) is 0 Å². The van der Waals surface area contributed by atoms with Crippen LogP contribution in [0.3, 0.4) is 0 Å². The fraction of sp³-hybridized carbons (Fsp3) is 0.333. The Labute approximate surface area is 127 Å². The van der Waals surface area contributed by atoms with Crippen molar-refractivity contribution >= 4 is 5.69 Å². The summed E-state index contributed by atoms with van der Waals surface area (Å²) in [6.07, 6.45) is 0. The molecule has 112 valence electrons. The third-order valence-corrected chi connectivity index (χ3v) is 3.52. The highest BCUT2D eigenvalue weighted by Gasteiger charge is 2.14. The van der Waals surface area contributed by atoms with E-state index in [0.29, 0.717) is 6.04 Å². The van der Waals surface area contributed by atoms with Crippen molar-refractivity contribution in [3.8, 4) is 11.5 Å².